The molecule has 174 valence electrons. The lowest BCUT2D eigenvalue weighted by Gasteiger charge is -2.34. The van der Waals surface area contributed by atoms with Crippen molar-refractivity contribution in [1.82, 2.24) is 10.2 Å². The van der Waals surface area contributed by atoms with Crippen LogP contribution in [0.5, 0.6) is 11.5 Å². The van der Waals surface area contributed by atoms with Crippen LogP contribution < -0.4 is 14.8 Å². The summed E-state index contributed by atoms with van der Waals surface area (Å²) < 4.78 is 10.8. The quantitative estimate of drug-likeness (QED) is 0.527. The van der Waals surface area contributed by atoms with Gasteiger partial charge in [-0.2, -0.15) is 0 Å². The Morgan fingerprint density at radius 1 is 1.16 bits per heavy atom. The summed E-state index contributed by atoms with van der Waals surface area (Å²) in [5.74, 6) is 1.04. The minimum Gasteiger partial charge on any atom is -0.493 e. The number of amides is 2. The van der Waals surface area contributed by atoms with Crippen molar-refractivity contribution in [3.05, 3.63) is 46.2 Å². The summed E-state index contributed by atoms with van der Waals surface area (Å²) in [7, 11) is 3.11. The third kappa shape index (κ3) is 5.95. The highest BCUT2D eigenvalue weighted by Crippen LogP contribution is 2.34. The predicted octanol–water partition coefficient (Wildman–Crippen LogP) is 4.77. The van der Waals surface area contributed by atoms with E-state index in [1.807, 2.05) is 17.5 Å². The average molecular weight is 479 g/mol. The molecule has 0 radical (unpaired) electrons. The Balaban J connectivity index is 1.96. The smallest absolute Gasteiger partial charge is 0.247 e. The van der Waals surface area contributed by atoms with E-state index in [0.717, 1.165) is 30.6 Å². The fourth-order valence-corrected chi connectivity index (χ4v) is 5.01. The van der Waals surface area contributed by atoms with Gasteiger partial charge in [-0.3, -0.25) is 9.59 Å². The fraction of sp³-hybridized carbons (Fsp3) is 0.500. The molecule has 0 bridgehead atoms. The molecule has 0 spiro atoms. The number of nitrogens with zero attached hydrogens (tertiary/aromatic N) is 1. The maximum atomic E-state index is 13.6. The van der Waals surface area contributed by atoms with E-state index in [9.17, 15) is 9.59 Å². The third-order valence-electron chi connectivity index (χ3n) is 5.99. The zero-order valence-corrected chi connectivity index (χ0v) is 20.4. The average Bonchev–Trinajstić information content (AvgIpc) is 3.32. The molecule has 2 amide bonds. The van der Waals surface area contributed by atoms with E-state index in [-0.39, 0.29) is 23.7 Å². The first-order chi connectivity index (χ1) is 15.5. The second kappa shape index (κ2) is 11.6. The molecule has 1 aliphatic carbocycles. The van der Waals surface area contributed by atoms with E-state index in [2.05, 4.69) is 12.2 Å². The summed E-state index contributed by atoms with van der Waals surface area (Å²) in [6, 6.07) is 8.47. The third-order valence-corrected chi connectivity index (χ3v) is 7.08. The van der Waals surface area contributed by atoms with Crippen molar-refractivity contribution >= 4 is 34.8 Å². The highest BCUT2D eigenvalue weighted by atomic mass is 35.5. The summed E-state index contributed by atoms with van der Waals surface area (Å²) >= 11 is 7.51. The van der Waals surface area contributed by atoms with Crippen molar-refractivity contribution < 1.29 is 19.1 Å². The predicted molar refractivity (Wildman–Crippen MR) is 127 cm³/mol. The van der Waals surface area contributed by atoms with E-state index in [4.69, 9.17) is 21.1 Å². The van der Waals surface area contributed by atoms with Crippen LogP contribution in [0, 0.1) is 5.92 Å². The number of nitrogens with one attached hydrogen (secondary N) is 1. The highest BCUT2D eigenvalue weighted by molar-refractivity contribution is 7.09. The van der Waals surface area contributed by atoms with Gasteiger partial charge in [0.25, 0.3) is 0 Å². The second-order valence-corrected chi connectivity index (χ2v) is 9.52. The summed E-state index contributed by atoms with van der Waals surface area (Å²) in [6.07, 6.45) is 4.07. The first kappa shape index (κ1) is 24.4. The maximum Gasteiger partial charge on any atom is 0.247 e. The van der Waals surface area contributed by atoms with E-state index in [1.54, 1.807) is 37.3 Å². The van der Waals surface area contributed by atoms with E-state index >= 15 is 0 Å². The Hall–Kier alpha value is -2.25. The molecule has 1 aromatic heterocycles. The minimum absolute atomic E-state index is 0.107. The molecule has 0 saturated heterocycles. The van der Waals surface area contributed by atoms with Gasteiger partial charge in [0.05, 0.1) is 20.8 Å². The molecular formula is C24H31ClN2O4S. The lowest BCUT2D eigenvalue weighted by atomic mass is 9.87. The number of rotatable bonds is 9. The molecular weight excluding hydrogens is 448 g/mol. The van der Waals surface area contributed by atoms with Crippen LogP contribution in [0.2, 0.25) is 0 Å². The zero-order valence-electron chi connectivity index (χ0n) is 18.8. The molecule has 8 heteroatoms. The van der Waals surface area contributed by atoms with Gasteiger partial charge in [0, 0.05) is 10.9 Å². The van der Waals surface area contributed by atoms with Gasteiger partial charge in [-0.15, -0.1) is 22.9 Å². The Morgan fingerprint density at radius 2 is 1.88 bits per heavy atom. The number of methoxy groups -OCH3 is 2. The maximum absolute atomic E-state index is 13.6. The Bertz CT molecular complexity index is 897. The van der Waals surface area contributed by atoms with Crippen molar-refractivity contribution in [1.29, 1.82) is 0 Å². The second-order valence-electron chi connectivity index (χ2n) is 8.22. The number of benzene rings is 1. The van der Waals surface area contributed by atoms with E-state index in [1.165, 1.54) is 11.3 Å². The molecule has 1 heterocycles. The number of ether oxygens (including phenoxy) is 2. The molecule has 2 aromatic rings. The monoisotopic (exact) mass is 478 g/mol. The molecule has 6 nitrogen and oxygen atoms in total. The SMILES string of the molecule is COc1ccc([C@@H](C(=O)NC2CCC(C)CC2)N(Cc2cccs2)C(=O)CCl)cc1OC. The zero-order chi connectivity index (χ0) is 23.1. The fourth-order valence-electron chi connectivity index (χ4n) is 4.15. The molecule has 0 aliphatic heterocycles. The molecule has 0 unspecified atom stereocenters. The number of alkyl halides is 1. The van der Waals surface area contributed by atoms with Gasteiger partial charge in [-0.1, -0.05) is 19.1 Å². The van der Waals surface area contributed by atoms with Gasteiger partial charge in [-0.05, 0) is 60.7 Å². The van der Waals surface area contributed by atoms with Crippen LogP contribution >= 0.6 is 22.9 Å². The van der Waals surface area contributed by atoms with Crippen LogP contribution in [0.15, 0.2) is 35.7 Å². The first-order valence-corrected chi connectivity index (χ1v) is 12.3. The normalized spacial score (nSPS) is 19.1. The highest BCUT2D eigenvalue weighted by Gasteiger charge is 2.33. The number of carbonyl (C=O) groups excluding carboxylic acids is 2. The van der Waals surface area contributed by atoms with Gasteiger partial charge in [0.1, 0.15) is 11.9 Å². The van der Waals surface area contributed by atoms with Gasteiger partial charge in [0.2, 0.25) is 11.8 Å². The van der Waals surface area contributed by atoms with Crippen LogP contribution in [0.1, 0.15) is 49.1 Å². The number of hydrogen-bond acceptors (Lipinski definition) is 5. The molecule has 1 aliphatic rings. The number of hydrogen-bond donors (Lipinski definition) is 1. The number of thiophene rings is 1. The molecule has 1 N–H and O–H groups in total. The van der Waals surface area contributed by atoms with Crippen molar-refractivity contribution in [2.45, 2.75) is 51.2 Å². The topological polar surface area (TPSA) is 67.9 Å². The molecule has 32 heavy (non-hydrogen) atoms. The van der Waals surface area contributed by atoms with Crippen molar-refractivity contribution in [2.24, 2.45) is 5.92 Å². The number of carbonyl (C=O) groups is 2. The van der Waals surface area contributed by atoms with Crippen LogP contribution in [0.25, 0.3) is 0 Å². The van der Waals surface area contributed by atoms with Crippen LogP contribution in [0.4, 0.5) is 0 Å². The largest absolute Gasteiger partial charge is 0.493 e. The van der Waals surface area contributed by atoms with Gasteiger partial charge in [-0.25, -0.2) is 0 Å². The van der Waals surface area contributed by atoms with Crippen molar-refractivity contribution in [3.63, 3.8) is 0 Å². The van der Waals surface area contributed by atoms with E-state index < -0.39 is 6.04 Å². The standard InChI is InChI=1S/C24H31ClN2O4S/c1-16-6-9-18(10-7-16)26-24(29)23(17-8-11-20(30-2)21(13-17)31-3)27(22(28)14-25)15-19-5-4-12-32-19/h4-5,8,11-13,16,18,23H,6-7,9-10,14-15H2,1-3H3,(H,26,29)/t16?,18?,23-/m0/s1. The minimum atomic E-state index is -0.831. The summed E-state index contributed by atoms with van der Waals surface area (Å²) in [6.45, 7) is 2.55. The molecule has 1 aromatic carbocycles. The molecule has 1 atom stereocenters. The lowest BCUT2D eigenvalue weighted by molar-refractivity contribution is -0.140. The number of halogens is 1. The van der Waals surface area contributed by atoms with Crippen LogP contribution in [-0.2, 0) is 16.1 Å². The Kier molecular flexibility index (Phi) is 8.82. The Labute approximate surface area is 198 Å². The van der Waals surface area contributed by atoms with Gasteiger partial charge >= 0.3 is 0 Å². The summed E-state index contributed by atoms with van der Waals surface area (Å²) in [5, 5.41) is 5.15. The first-order valence-electron chi connectivity index (χ1n) is 10.9. The molecule has 3 rings (SSSR count). The summed E-state index contributed by atoms with van der Waals surface area (Å²) in [4.78, 5) is 29.1. The molecule has 1 saturated carbocycles. The van der Waals surface area contributed by atoms with Gasteiger partial charge in [0.15, 0.2) is 11.5 Å². The van der Waals surface area contributed by atoms with Crippen molar-refractivity contribution in [3.8, 4) is 11.5 Å². The van der Waals surface area contributed by atoms with Crippen LogP contribution in [-0.4, -0.2) is 42.9 Å². The lowest BCUT2D eigenvalue weighted by Crippen LogP contribution is -2.47. The van der Waals surface area contributed by atoms with Crippen molar-refractivity contribution in [2.75, 3.05) is 20.1 Å². The van der Waals surface area contributed by atoms with E-state index in [0.29, 0.717) is 29.5 Å². The summed E-state index contributed by atoms with van der Waals surface area (Å²) in [5.41, 5.74) is 0.652. The van der Waals surface area contributed by atoms with Gasteiger partial charge < -0.3 is 19.7 Å². The van der Waals surface area contributed by atoms with Crippen LogP contribution in [0.3, 0.4) is 0 Å². The molecule has 1 fully saturated rings. The Morgan fingerprint density at radius 3 is 2.47 bits per heavy atom.